The van der Waals surface area contributed by atoms with Gasteiger partial charge in [0.15, 0.2) is 0 Å². The summed E-state index contributed by atoms with van der Waals surface area (Å²) >= 11 is 7.40. The number of thioether (sulfide) groups is 1. The third kappa shape index (κ3) is 7.06. The molecule has 0 spiro atoms. The number of ether oxygens (including phenoxy) is 1. The van der Waals surface area contributed by atoms with Crippen molar-refractivity contribution in [3.8, 4) is 5.75 Å². The topological polar surface area (TPSA) is 29.5 Å². The maximum absolute atomic E-state index is 11.8. The minimum absolute atomic E-state index is 0.190. The Hall–Kier alpha value is -0.870. The summed E-state index contributed by atoms with van der Waals surface area (Å²) in [5.74, 6) is 2.32. The summed E-state index contributed by atoms with van der Waals surface area (Å²) in [7, 11) is 1.86. The molecule has 0 atom stereocenters. The number of nitrogens with zero attached hydrogens (tertiary/aromatic N) is 1. The minimum Gasteiger partial charge on any atom is -0.493 e. The van der Waals surface area contributed by atoms with Crippen LogP contribution in [0.1, 0.15) is 19.8 Å². The third-order valence-electron chi connectivity index (χ3n) is 2.81. The fourth-order valence-electron chi connectivity index (χ4n) is 1.54. The van der Waals surface area contributed by atoms with Crippen LogP contribution in [-0.4, -0.2) is 42.5 Å². The van der Waals surface area contributed by atoms with E-state index in [1.165, 1.54) is 0 Å². The molecule has 0 bridgehead atoms. The predicted octanol–water partition coefficient (Wildman–Crippen LogP) is 3.71. The van der Waals surface area contributed by atoms with E-state index >= 15 is 0 Å². The van der Waals surface area contributed by atoms with Gasteiger partial charge in [-0.1, -0.05) is 24.9 Å². The van der Waals surface area contributed by atoms with E-state index in [1.807, 2.05) is 19.2 Å². The molecule has 0 aliphatic rings. The number of hydrogen-bond donors (Lipinski definition) is 0. The van der Waals surface area contributed by atoms with Gasteiger partial charge in [0.2, 0.25) is 5.91 Å². The molecule has 20 heavy (non-hydrogen) atoms. The lowest BCUT2D eigenvalue weighted by molar-refractivity contribution is -0.127. The summed E-state index contributed by atoms with van der Waals surface area (Å²) in [4.78, 5) is 13.6. The molecule has 0 radical (unpaired) electrons. The Morgan fingerprint density at radius 1 is 1.35 bits per heavy atom. The van der Waals surface area contributed by atoms with E-state index in [4.69, 9.17) is 16.3 Å². The first-order valence-electron chi connectivity index (χ1n) is 6.83. The zero-order valence-corrected chi connectivity index (χ0v) is 13.7. The van der Waals surface area contributed by atoms with Crippen molar-refractivity contribution in [3.63, 3.8) is 0 Å². The largest absolute Gasteiger partial charge is 0.493 e. The molecular formula is C15H22ClNO2S. The SMILES string of the molecule is CCCCN(C)C(=O)CSCCOc1ccc(Cl)cc1. The van der Waals surface area contributed by atoms with Gasteiger partial charge < -0.3 is 9.64 Å². The zero-order chi connectivity index (χ0) is 14.8. The summed E-state index contributed by atoms with van der Waals surface area (Å²) in [6, 6.07) is 7.29. The minimum atomic E-state index is 0.190. The lowest BCUT2D eigenvalue weighted by Crippen LogP contribution is -2.29. The van der Waals surface area contributed by atoms with Gasteiger partial charge in [0.1, 0.15) is 5.75 Å². The van der Waals surface area contributed by atoms with Gasteiger partial charge in [0, 0.05) is 24.4 Å². The molecule has 0 saturated heterocycles. The number of amides is 1. The first-order valence-corrected chi connectivity index (χ1v) is 8.36. The molecule has 5 heteroatoms. The second-order valence-electron chi connectivity index (χ2n) is 4.52. The third-order valence-corrected chi connectivity index (χ3v) is 3.97. The van der Waals surface area contributed by atoms with Crippen LogP contribution in [0.4, 0.5) is 0 Å². The average Bonchev–Trinajstić information content (AvgIpc) is 2.46. The molecule has 1 aromatic carbocycles. The maximum Gasteiger partial charge on any atom is 0.232 e. The predicted molar refractivity (Wildman–Crippen MR) is 86.8 cm³/mol. The van der Waals surface area contributed by atoms with Gasteiger partial charge in [0.25, 0.3) is 0 Å². The Labute approximate surface area is 130 Å². The van der Waals surface area contributed by atoms with Crippen molar-refractivity contribution in [1.82, 2.24) is 4.90 Å². The van der Waals surface area contributed by atoms with Crippen molar-refractivity contribution < 1.29 is 9.53 Å². The summed E-state index contributed by atoms with van der Waals surface area (Å²) in [5.41, 5.74) is 0. The summed E-state index contributed by atoms with van der Waals surface area (Å²) in [6.07, 6.45) is 2.17. The van der Waals surface area contributed by atoms with Crippen molar-refractivity contribution >= 4 is 29.3 Å². The highest BCUT2D eigenvalue weighted by Crippen LogP contribution is 2.15. The van der Waals surface area contributed by atoms with Crippen molar-refractivity contribution in [2.75, 3.05) is 31.7 Å². The molecular weight excluding hydrogens is 294 g/mol. The van der Waals surface area contributed by atoms with E-state index in [1.54, 1.807) is 28.8 Å². The number of benzene rings is 1. The van der Waals surface area contributed by atoms with Crippen LogP contribution in [-0.2, 0) is 4.79 Å². The number of rotatable bonds is 9. The first-order chi connectivity index (χ1) is 9.63. The molecule has 0 fully saturated rings. The molecule has 1 amide bonds. The van der Waals surface area contributed by atoms with E-state index in [0.29, 0.717) is 17.4 Å². The van der Waals surface area contributed by atoms with Gasteiger partial charge in [0.05, 0.1) is 12.4 Å². The monoisotopic (exact) mass is 315 g/mol. The number of halogens is 1. The number of unbranched alkanes of at least 4 members (excludes halogenated alkanes) is 1. The van der Waals surface area contributed by atoms with Crippen LogP contribution in [0.25, 0.3) is 0 Å². The van der Waals surface area contributed by atoms with Crippen LogP contribution in [0, 0.1) is 0 Å². The molecule has 0 aliphatic carbocycles. The van der Waals surface area contributed by atoms with Crippen LogP contribution in [0.5, 0.6) is 5.75 Å². The molecule has 0 aliphatic heterocycles. The van der Waals surface area contributed by atoms with E-state index < -0.39 is 0 Å². The first kappa shape index (κ1) is 17.2. The van der Waals surface area contributed by atoms with Crippen LogP contribution >= 0.6 is 23.4 Å². The highest BCUT2D eigenvalue weighted by molar-refractivity contribution is 7.99. The quantitative estimate of drug-likeness (QED) is 0.651. The van der Waals surface area contributed by atoms with Gasteiger partial charge in [-0.15, -0.1) is 11.8 Å². The Morgan fingerprint density at radius 3 is 2.70 bits per heavy atom. The van der Waals surface area contributed by atoms with E-state index in [2.05, 4.69) is 6.92 Å². The summed E-state index contributed by atoms with van der Waals surface area (Å²) < 4.78 is 5.56. The van der Waals surface area contributed by atoms with Gasteiger partial charge in [-0.3, -0.25) is 4.79 Å². The summed E-state index contributed by atoms with van der Waals surface area (Å²) in [5, 5.41) is 0.701. The molecule has 0 saturated carbocycles. The second kappa shape index (κ2) is 9.94. The van der Waals surface area contributed by atoms with Crippen LogP contribution in [0.2, 0.25) is 5.02 Å². The van der Waals surface area contributed by atoms with Crippen LogP contribution in [0.15, 0.2) is 24.3 Å². The number of carbonyl (C=O) groups excluding carboxylic acids is 1. The van der Waals surface area contributed by atoms with Crippen LogP contribution in [0.3, 0.4) is 0 Å². The van der Waals surface area contributed by atoms with E-state index in [-0.39, 0.29) is 5.91 Å². The molecule has 0 unspecified atom stereocenters. The number of carbonyl (C=O) groups is 1. The van der Waals surface area contributed by atoms with E-state index in [0.717, 1.165) is 30.9 Å². The fourth-order valence-corrected chi connectivity index (χ4v) is 2.41. The van der Waals surface area contributed by atoms with Crippen molar-refractivity contribution in [1.29, 1.82) is 0 Å². The molecule has 0 N–H and O–H groups in total. The zero-order valence-electron chi connectivity index (χ0n) is 12.1. The Morgan fingerprint density at radius 2 is 2.05 bits per heavy atom. The second-order valence-corrected chi connectivity index (χ2v) is 6.07. The maximum atomic E-state index is 11.8. The summed E-state index contributed by atoms with van der Waals surface area (Å²) in [6.45, 7) is 3.57. The molecule has 0 heterocycles. The Balaban J connectivity index is 2.09. The number of hydrogen-bond acceptors (Lipinski definition) is 3. The van der Waals surface area contributed by atoms with Crippen molar-refractivity contribution in [2.24, 2.45) is 0 Å². The van der Waals surface area contributed by atoms with Gasteiger partial charge in [-0.25, -0.2) is 0 Å². The van der Waals surface area contributed by atoms with Gasteiger partial charge >= 0.3 is 0 Å². The lowest BCUT2D eigenvalue weighted by atomic mass is 10.3. The van der Waals surface area contributed by atoms with Crippen molar-refractivity contribution in [2.45, 2.75) is 19.8 Å². The molecule has 1 aromatic rings. The average molecular weight is 316 g/mol. The van der Waals surface area contributed by atoms with Crippen LogP contribution < -0.4 is 4.74 Å². The molecule has 1 rings (SSSR count). The standard InChI is InChI=1S/C15H22ClNO2S/c1-3-4-9-17(2)15(18)12-20-11-10-19-14-7-5-13(16)6-8-14/h5-8H,3-4,9-12H2,1-2H3. The highest BCUT2D eigenvalue weighted by Gasteiger charge is 2.07. The highest BCUT2D eigenvalue weighted by atomic mass is 35.5. The fraction of sp³-hybridized carbons (Fsp3) is 0.533. The lowest BCUT2D eigenvalue weighted by Gasteiger charge is -2.16. The molecule has 0 aromatic heterocycles. The molecule has 112 valence electrons. The Bertz CT molecular complexity index is 397. The van der Waals surface area contributed by atoms with E-state index in [9.17, 15) is 4.79 Å². The Kier molecular flexibility index (Phi) is 8.54. The van der Waals surface area contributed by atoms with Gasteiger partial charge in [-0.2, -0.15) is 0 Å². The van der Waals surface area contributed by atoms with Crippen molar-refractivity contribution in [3.05, 3.63) is 29.3 Å². The van der Waals surface area contributed by atoms with Gasteiger partial charge in [-0.05, 0) is 30.7 Å². The normalized spacial score (nSPS) is 10.3. The smallest absolute Gasteiger partial charge is 0.232 e. The molecule has 3 nitrogen and oxygen atoms in total.